The Hall–Kier alpha value is -0.620. The fourth-order valence-corrected chi connectivity index (χ4v) is 1.43. The van der Waals surface area contributed by atoms with Crippen LogP contribution in [0.4, 0.5) is 0 Å². The molecule has 0 spiro atoms. The highest BCUT2D eigenvalue weighted by atomic mass is 32.2. The molecular formula is C8H18N2O3S. The molecule has 0 aliphatic carbocycles. The molecule has 0 rings (SSSR count). The van der Waals surface area contributed by atoms with Gasteiger partial charge in [-0.2, -0.15) is 0 Å². The molecule has 0 saturated heterocycles. The van der Waals surface area contributed by atoms with Gasteiger partial charge in [0.05, 0.1) is 6.26 Å². The fraction of sp³-hybridized carbons (Fsp3) is 0.875. The van der Waals surface area contributed by atoms with E-state index in [4.69, 9.17) is 0 Å². The molecule has 1 amide bonds. The zero-order chi connectivity index (χ0) is 11.5. The van der Waals surface area contributed by atoms with Crippen molar-refractivity contribution in [3.05, 3.63) is 0 Å². The third-order valence-corrected chi connectivity index (χ3v) is 3.53. The summed E-state index contributed by atoms with van der Waals surface area (Å²) in [6.07, 6.45) is 1.15. The molecule has 5 nitrogen and oxygen atoms in total. The monoisotopic (exact) mass is 222 g/mol. The summed E-state index contributed by atoms with van der Waals surface area (Å²) in [6.45, 7) is 3.58. The minimum Gasteiger partial charge on any atom is -0.342 e. The Kier molecular flexibility index (Phi) is 4.54. The molecule has 0 heterocycles. The summed E-state index contributed by atoms with van der Waals surface area (Å²) in [4.78, 5) is 12.5. The Balaban J connectivity index is 4.34. The summed E-state index contributed by atoms with van der Waals surface area (Å²) in [7, 11) is -0.00606. The molecular weight excluding hydrogens is 204 g/mol. The number of likely N-dealkylation sites (N-methyl/N-ethyl adjacent to an activating group) is 2. The Morgan fingerprint density at radius 3 is 2.07 bits per heavy atom. The van der Waals surface area contributed by atoms with Crippen LogP contribution in [0.5, 0.6) is 0 Å². The summed E-state index contributed by atoms with van der Waals surface area (Å²) >= 11 is 0. The van der Waals surface area contributed by atoms with Crippen molar-refractivity contribution in [2.75, 3.05) is 26.9 Å². The standard InChI is InChI=1S/C8H18N2O3S/c1-7(10(4)8(2)11)6-9(3)14(5,12)13/h7H,6H2,1-5H3. The molecule has 0 saturated carbocycles. The highest BCUT2D eigenvalue weighted by Crippen LogP contribution is 2.01. The van der Waals surface area contributed by atoms with Crippen molar-refractivity contribution >= 4 is 15.9 Å². The van der Waals surface area contributed by atoms with Crippen LogP contribution in [-0.4, -0.2) is 56.5 Å². The van der Waals surface area contributed by atoms with E-state index in [9.17, 15) is 13.2 Å². The number of rotatable bonds is 4. The number of amides is 1. The van der Waals surface area contributed by atoms with Crippen LogP contribution in [0.2, 0.25) is 0 Å². The van der Waals surface area contributed by atoms with Crippen molar-refractivity contribution in [3.63, 3.8) is 0 Å². The summed E-state index contributed by atoms with van der Waals surface area (Å²) in [5.74, 6) is -0.0700. The number of sulfonamides is 1. The van der Waals surface area contributed by atoms with Gasteiger partial charge in [0.15, 0.2) is 0 Å². The zero-order valence-corrected chi connectivity index (χ0v) is 10.1. The fourth-order valence-electron chi connectivity index (χ4n) is 0.940. The normalized spacial score (nSPS) is 14.1. The van der Waals surface area contributed by atoms with Gasteiger partial charge in [0.1, 0.15) is 0 Å². The average molecular weight is 222 g/mol. The Bertz CT molecular complexity index is 300. The summed E-state index contributed by atoms with van der Waals surface area (Å²) in [5.41, 5.74) is 0. The van der Waals surface area contributed by atoms with Gasteiger partial charge < -0.3 is 4.90 Å². The van der Waals surface area contributed by atoms with Crippen molar-refractivity contribution in [1.82, 2.24) is 9.21 Å². The van der Waals surface area contributed by atoms with Crippen molar-refractivity contribution in [2.24, 2.45) is 0 Å². The first-order chi connectivity index (χ1) is 6.16. The van der Waals surface area contributed by atoms with Gasteiger partial charge in [0, 0.05) is 33.6 Å². The van der Waals surface area contributed by atoms with Crippen LogP contribution in [0, 0.1) is 0 Å². The molecule has 0 bridgehead atoms. The Morgan fingerprint density at radius 1 is 1.36 bits per heavy atom. The number of carbonyl (C=O) groups is 1. The van der Waals surface area contributed by atoms with Gasteiger partial charge >= 0.3 is 0 Å². The smallest absolute Gasteiger partial charge is 0.219 e. The summed E-state index contributed by atoms with van der Waals surface area (Å²) < 4.78 is 23.4. The molecule has 0 N–H and O–H groups in total. The van der Waals surface area contributed by atoms with Crippen LogP contribution in [0.1, 0.15) is 13.8 Å². The molecule has 1 atom stereocenters. The lowest BCUT2D eigenvalue weighted by Crippen LogP contribution is -2.42. The lowest BCUT2D eigenvalue weighted by molar-refractivity contribution is -0.129. The van der Waals surface area contributed by atoms with E-state index in [0.29, 0.717) is 6.54 Å². The highest BCUT2D eigenvalue weighted by molar-refractivity contribution is 7.88. The maximum Gasteiger partial charge on any atom is 0.219 e. The third-order valence-electron chi connectivity index (χ3n) is 2.25. The first kappa shape index (κ1) is 13.4. The van der Waals surface area contributed by atoms with E-state index >= 15 is 0 Å². The van der Waals surface area contributed by atoms with E-state index in [-0.39, 0.29) is 11.9 Å². The van der Waals surface area contributed by atoms with Crippen LogP contribution in [0.25, 0.3) is 0 Å². The predicted octanol–water partition coefficient (Wildman–Crippen LogP) is -0.255. The number of hydrogen-bond acceptors (Lipinski definition) is 3. The maximum atomic E-state index is 11.1. The third kappa shape index (κ3) is 4.06. The van der Waals surface area contributed by atoms with Crippen molar-refractivity contribution in [1.29, 1.82) is 0 Å². The molecule has 0 aromatic heterocycles. The molecule has 0 aromatic carbocycles. The molecule has 0 fully saturated rings. The van der Waals surface area contributed by atoms with Gasteiger partial charge in [0.25, 0.3) is 0 Å². The van der Waals surface area contributed by atoms with Gasteiger partial charge in [-0.25, -0.2) is 12.7 Å². The second-order valence-electron chi connectivity index (χ2n) is 3.52. The molecule has 0 aliphatic rings. The van der Waals surface area contributed by atoms with Crippen LogP contribution < -0.4 is 0 Å². The quantitative estimate of drug-likeness (QED) is 0.659. The van der Waals surface area contributed by atoms with Gasteiger partial charge in [0.2, 0.25) is 15.9 Å². The second kappa shape index (κ2) is 4.75. The number of hydrogen-bond donors (Lipinski definition) is 0. The molecule has 0 radical (unpaired) electrons. The van der Waals surface area contributed by atoms with Crippen LogP contribution in [0.3, 0.4) is 0 Å². The average Bonchev–Trinajstić information content (AvgIpc) is 2.00. The van der Waals surface area contributed by atoms with Gasteiger partial charge in [-0.15, -0.1) is 0 Å². The molecule has 84 valence electrons. The van der Waals surface area contributed by atoms with Crippen molar-refractivity contribution in [3.8, 4) is 0 Å². The van der Waals surface area contributed by atoms with Crippen LogP contribution >= 0.6 is 0 Å². The summed E-state index contributed by atoms with van der Waals surface area (Å²) in [5, 5.41) is 0. The van der Waals surface area contributed by atoms with Crippen molar-refractivity contribution < 1.29 is 13.2 Å². The Morgan fingerprint density at radius 2 is 1.79 bits per heavy atom. The van der Waals surface area contributed by atoms with E-state index in [1.54, 1.807) is 7.05 Å². The van der Waals surface area contributed by atoms with Crippen LogP contribution in [-0.2, 0) is 14.8 Å². The van der Waals surface area contributed by atoms with E-state index in [2.05, 4.69) is 0 Å². The molecule has 1 unspecified atom stereocenters. The lowest BCUT2D eigenvalue weighted by atomic mass is 10.3. The molecule has 14 heavy (non-hydrogen) atoms. The molecule has 0 aliphatic heterocycles. The number of nitrogens with zero attached hydrogens (tertiary/aromatic N) is 2. The molecule has 0 aromatic rings. The first-order valence-corrected chi connectivity index (χ1v) is 6.15. The van der Waals surface area contributed by atoms with Gasteiger partial charge in [-0.1, -0.05) is 0 Å². The minimum absolute atomic E-state index is 0.0700. The Labute approximate surface area is 85.7 Å². The van der Waals surface area contributed by atoms with Crippen molar-refractivity contribution in [2.45, 2.75) is 19.9 Å². The van der Waals surface area contributed by atoms with E-state index in [0.717, 1.165) is 6.26 Å². The van der Waals surface area contributed by atoms with E-state index in [1.807, 2.05) is 6.92 Å². The van der Waals surface area contributed by atoms with Gasteiger partial charge in [-0.3, -0.25) is 4.79 Å². The lowest BCUT2D eigenvalue weighted by Gasteiger charge is -2.27. The second-order valence-corrected chi connectivity index (χ2v) is 5.61. The van der Waals surface area contributed by atoms with E-state index in [1.165, 1.54) is 23.2 Å². The predicted molar refractivity (Wildman–Crippen MR) is 55.4 cm³/mol. The molecule has 6 heteroatoms. The van der Waals surface area contributed by atoms with Crippen LogP contribution in [0.15, 0.2) is 0 Å². The number of carbonyl (C=O) groups excluding carboxylic acids is 1. The minimum atomic E-state index is -3.16. The SMILES string of the molecule is CC(=O)N(C)C(C)CN(C)S(C)(=O)=O. The largest absolute Gasteiger partial charge is 0.342 e. The summed E-state index contributed by atoms with van der Waals surface area (Å²) in [6, 6.07) is -0.118. The maximum absolute atomic E-state index is 11.1. The first-order valence-electron chi connectivity index (χ1n) is 4.31. The zero-order valence-electron chi connectivity index (χ0n) is 9.31. The topological polar surface area (TPSA) is 57.7 Å². The van der Waals surface area contributed by atoms with E-state index < -0.39 is 10.0 Å². The highest BCUT2D eigenvalue weighted by Gasteiger charge is 2.18. The van der Waals surface area contributed by atoms with Gasteiger partial charge in [-0.05, 0) is 6.92 Å².